The van der Waals surface area contributed by atoms with Crippen LogP contribution in [0, 0.1) is 0 Å². The Hall–Kier alpha value is -1.82. The smallest absolute Gasteiger partial charge is 0.167 e. The van der Waals surface area contributed by atoms with Crippen molar-refractivity contribution in [3.63, 3.8) is 0 Å². The van der Waals surface area contributed by atoms with Crippen molar-refractivity contribution >= 4 is 21.6 Å². The monoisotopic (exact) mass is 257 g/mol. The quantitative estimate of drug-likeness (QED) is 0.670. The fraction of sp³-hybridized carbons (Fsp3) is 0.333. The summed E-state index contributed by atoms with van der Waals surface area (Å²) < 4.78 is 1.73. The number of hydrogen-bond acceptors (Lipinski definition) is 5. The molecule has 0 fully saturated rings. The first-order chi connectivity index (χ1) is 8.93. The average molecular weight is 257 g/mol. The molecular weight excluding hydrogens is 246 g/mol. The number of nitrogens with zero attached hydrogens (tertiary/aromatic N) is 5. The topological polar surface area (TPSA) is 56.5 Å². The minimum atomic E-state index is 0.858. The van der Waals surface area contributed by atoms with Gasteiger partial charge in [-0.15, -0.1) is 11.3 Å². The van der Waals surface area contributed by atoms with E-state index in [0.29, 0.717) is 0 Å². The van der Waals surface area contributed by atoms with Crippen molar-refractivity contribution in [1.29, 1.82) is 0 Å². The lowest BCUT2D eigenvalue weighted by atomic mass is 9.97. The van der Waals surface area contributed by atoms with Crippen molar-refractivity contribution < 1.29 is 0 Å². The lowest BCUT2D eigenvalue weighted by Crippen LogP contribution is -2.03. The minimum absolute atomic E-state index is 0.858. The molecule has 3 aromatic rings. The number of rotatable bonds is 1. The van der Waals surface area contributed by atoms with E-state index in [-0.39, 0.29) is 0 Å². The van der Waals surface area contributed by atoms with Gasteiger partial charge in [-0.1, -0.05) is 0 Å². The summed E-state index contributed by atoms with van der Waals surface area (Å²) in [5, 5.41) is 5.35. The normalized spacial score (nSPS) is 14.9. The summed E-state index contributed by atoms with van der Waals surface area (Å²) in [5.74, 6) is 0.858. The second kappa shape index (κ2) is 3.84. The van der Waals surface area contributed by atoms with Gasteiger partial charge >= 0.3 is 0 Å². The van der Waals surface area contributed by atoms with Gasteiger partial charge in [0.15, 0.2) is 5.82 Å². The van der Waals surface area contributed by atoms with Crippen LogP contribution in [0.5, 0.6) is 0 Å². The van der Waals surface area contributed by atoms with Crippen LogP contribution in [0.2, 0.25) is 0 Å². The highest BCUT2D eigenvalue weighted by Gasteiger charge is 2.20. The Bertz CT molecular complexity index is 701. The third-order valence-electron chi connectivity index (χ3n) is 3.37. The molecule has 0 spiro atoms. The summed E-state index contributed by atoms with van der Waals surface area (Å²) in [5.41, 5.74) is 1.42. The molecule has 4 rings (SSSR count). The molecule has 0 unspecified atom stereocenters. The lowest BCUT2D eigenvalue weighted by molar-refractivity contribution is 0.699. The molecular formula is C12H11N5S. The Morgan fingerprint density at radius 2 is 2.06 bits per heavy atom. The molecule has 3 heterocycles. The van der Waals surface area contributed by atoms with E-state index in [1.54, 1.807) is 28.7 Å². The van der Waals surface area contributed by atoms with E-state index >= 15 is 0 Å². The Morgan fingerprint density at radius 1 is 1.11 bits per heavy atom. The molecule has 0 aromatic carbocycles. The molecule has 0 aliphatic heterocycles. The van der Waals surface area contributed by atoms with E-state index in [0.717, 1.165) is 17.1 Å². The van der Waals surface area contributed by atoms with Crippen molar-refractivity contribution in [2.24, 2.45) is 0 Å². The lowest BCUT2D eigenvalue weighted by Gasteiger charge is -2.11. The van der Waals surface area contributed by atoms with Crippen LogP contribution in [0.4, 0.5) is 0 Å². The second-order valence-electron chi connectivity index (χ2n) is 4.43. The van der Waals surface area contributed by atoms with Gasteiger partial charge in [-0.25, -0.2) is 19.6 Å². The highest BCUT2D eigenvalue weighted by Crippen LogP contribution is 2.37. The number of thiophene rings is 1. The average Bonchev–Trinajstić information content (AvgIpc) is 3.05. The van der Waals surface area contributed by atoms with Crippen LogP contribution in [0.1, 0.15) is 23.3 Å². The molecule has 0 saturated carbocycles. The summed E-state index contributed by atoms with van der Waals surface area (Å²) in [6.07, 6.45) is 9.68. The first-order valence-corrected chi connectivity index (χ1v) is 6.85. The molecule has 1 aliphatic carbocycles. The van der Waals surface area contributed by atoms with Crippen molar-refractivity contribution in [2.45, 2.75) is 25.7 Å². The molecule has 6 heteroatoms. The summed E-state index contributed by atoms with van der Waals surface area (Å²) in [7, 11) is 0. The Morgan fingerprint density at radius 3 is 2.94 bits per heavy atom. The van der Waals surface area contributed by atoms with Crippen molar-refractivity contribution in [3.05, 3.63) is 29.4 Å². The van der Waals surface area contributed by atoms with E-state index < -0.39 is 0 Å². The summed E-state index contributed by atoms with van der Waals surface area (Å²) in [6.45, 7) is 0. The van der Waals surface area contributed by atoms with Crippen molar-refractivity contribution in [3.8, 4) is 5.82 Å². The predicted molar refractivity (Wildman–Crippen MR) is 69.0 cm³/mol. The molecule has 5 nitrogen and oxygen atoms in total. The fourth-order valence-corrected chi connectivity index (χ4v) is 3.79. The minimum Gasteiger partial charge on any atom is -0.225 e. The maximum atomic E-state index is 4.40. The zero-order chi connectivity index (χ0) is 11.9. The second-order valence-corrected chi connectivity index (χ2v) is 5.51. The zero-order valence-corrected chi connectivity index (χ0v) is 10.5. The van der Waals surface area contributed by atoms with Gasteiger partial charge in [-0.2, -0.15) is 5.10 Å². The van der Waals surface area contributed by atoms with Gasteiger partial charge in [-0.05, 0) is 31.2 Å². The van der Waals surface area contributed by atoms with Crippen LogP contribution in [-0.2, 0) is 12.8 Å². The SMILES string of the molecule is c1nc(-n2cncn2)c2c3c(sc2n1)CCCC3. The maximum Gasteiger partial charge on any atom is 0.167 e. The molecule has 0 bridgehead atoms. The summed E-state index contributed by atoms with van der Waals surface area (Å²) in [4.78, 5) is 15.3. The number of fused-ring (bicyclic) bond motifs is 3. The molecule has 0 amide bonds. The number of aromatic nitrogens is 5. The Balaban J connectivity index is 2.06. The molecule has 0 saturated heterocycles. The standard InChI is InChI=1S/C12H11N5S/c1-2-4-9-8(3-1)10-11(17-7-13-5-16-17)14-6-15-12(10)18-9/h5-7H,1-4H2. The van der Waals surface area contributed by atoms with E-state index in [4.69, 9.17) is 0 Å². The molecule has 18 heavy (non-hydrogen) atoms. The van der Waals surface area contributed by atoms with E-state index in [1.807, 2.05) is 0 Å². The predicted octanol–water partition coefficient (Wildman–Crippen LogP) is 2.15. The van der Waals surface area contributed by atoms with E-state index in [2.05, 4.69) is 20.1 Å². The Labute approximate surface area is 108 Å². The van der Waals surface area contributed by atoms with Gasteiger partial charge in [0.1, 0.15) is 23.8 Å². The van der Waals surface area contributed by atoms with Gasteiger partial charge in [0.05, 0.1) is 5.39 Å². The van der Waals surface area contributed by atoms with Gasteiger partial charge in [0.2, 0.25) is 0 Å². The van der Waals surface area contributed by atoms with Crippen LogP contribution >= 0.6 is 11.3 Å². The van der Waals surface area contributed by atoms with Gasteiger partial charge in [0, 0.05) is 4.88 Å². The summed E-state index contributed by atoms with van der Waals surface area (Å²) in [6, 6.07) is 0. The van der Waals surface area contributed by atoms with E-state index in [9.17, 15) is 0 Å². The molecule has 3 aromatic heterocycles. The highest BCUT2D eigenvalue weighted by molar-refractivity contribution is 7.18. The Kier molecular flexibility index (Phi) is 2.16. The van der Waals surface area contributed by atoms with E-state index in [1.165, 1.54) is 41.4 Å². The van der Waals surface area contributed by atoms with Crippen molar-refractivity contribution in [1.82, 2.24) is 24.7 Å². The van der Waals surface area contributed by atoms with Crippen LogP contribution in [0.25, 0.3) is 16.0 Å². The third-order valence-corrected chi connectivity index (χ3v) is 4.57. The van der Waals surface area contributed by atoms with Gasteiger partial charge in [-0.3, -0.25) is 0 Å². The molecule has 90 valence electrons. The van der Waals surface area contributed by atoms with Gasteiger partial charge in [0.25, 0.3) is 0 Å². The maximum absolute atomic E-state index is 4.40. The largest absolute Gasteiger partial charge is 0.225 e. The fourth-order valence-electron chi connectivity index (χ4n) is 2.56. The molecule has 1 aliphatic rings. The highest BCUT2D eigenvalue weighted by atomic mass is 32.1. The molecule has 0 radical (unpaired) electrons. The van der Waals surface area contributed by atoms with Crippen LogP contribution in [0.15, 0.2) is 19.0 Å². The number of hydrogen-bond donors (Lipinski definition) is 0. The van der Waals surface area contributed by atoms with Crippen LogP contribution in [0.3, 0.4) is 0 Å². The van der Waals surface area contributed by atoms with Crippen molar-refractivity contribution in [2.75, 3.05) is 0 Å². The third kappa shape index (κ3) is 1.38. The first-order valence-electron chi connectivity index (χ1n) is 6.04. The number of aryl methyl sites for hydroxylation is 2. The van der Waals surface area contributed by atoms with Crippen LogP contribution < -0.4 is 0 Å². The van der Waals surface area contributed by atoms with Crippen LogP contribution in [-0.4, -0.2) is 24.7 Å². The first kappa shape index (κ1) is 10.1. The molecule has 0 N–H and O–H groups in total. The molecule has 0 atom stereocenters. The van der Waals surface area contributed by atoms with Gasteiger partial charge < -0.3 is 0 Å². The zero-order valence-electron chi connectivity index (χ0n) is 9.70. The summed E-state index contributed by atoms with van der Waals surface area (Å²) >= 11 is 1.80.